The van der Waals surface area contributed by atoms with Crippen molar-refractivity contribution in [3.63, 3.8) is 0 Å². The van der Waals surface area contributed by atoms with E-state index in [1.165, 1.54) is 28.6 Å². The molecule has 3 rings (SSSR count). The van der Waals surface area contributed by atoms with E-state index in [0.29, 0.717) is 24.5 Å². The number of anilines is 1. The first-order chi connectivity index (χ1) is 13.8. The van der Waals surface area contributed by atoms with E-state index >= 15 is 0 Å². The quantitative estimate of drug-likeness (QED) is 0.684. The molecule has 0 unspecified atom stereocenters. The lowest BCUT2D eigenvalue weighted by atomic mass is 10.1. The van der Waals surface area contributed by atoms with Gasteiger partial charge in [0.15, 0.2) is 12.4 Å². The SMILES string of the molecule is Cc1cc(NC(=O)COC(=O)c2cc(S(=O)(=O)N3CCOCC3)ccc2C)no1. The van der Waals surface area contributed by atoms with Crippen LogP contribution in [0.15, 0.2) is 33.7 Å². The second-order valence-electron chi connectivity index (χ2n) is 6.44. The van der Waals surface area contributed by atoms with E-state index in [1.807, 2.05) is 0 Å². The summed E-state index contributed by atoms with van der Waals surface area (Å²) < 4.78 is 41.9. The van der Waals surface area contributed by atoms with Gasteiger partial charge in [-0.2, -0.15) is 4.31 Å². The molecule has 1 aliphatic rings. The van der Waals surface area contributed by atoms with Crippen molar-refractivity contribution in [3.8, 4) is 0 Å². The molecule has 2 heterocycles. The Labute approximate surface area is 167 Å². The molecule has 0 bridgehead atoms. The molecular formula is C18H21N3O7S. The molecule has 1 aromatic carbocycles. The largest absolute Gasteiger partial charge is 0.452 e. The number of nitrogens with one attached hydrogen (secondary N) is 1. The number of ether oxygens (including phenoxy) is 2. The summed E-state index contributed by atoms with van der Waals surface area (Å²) in [6.45, 7) is 3.91. The molecule has 29 heavy (non-hydrogen) atoms. The molecule has 0 spiro atoms. The smallest absolute Gasteiger partial charge is 0.338 e. The van der Waals surface area contributed by atoms with Crippen LogP contribution >= 0.6 is 0 Å². The number of carbonyl (C=O) groups is 2. The van der Waals surface area contributed by atoms with Crippen LogP contribution in [0.3, 0.4) is 0 Å². The Bertz CT molecular complexity index is 1010. The summed E-state index contributed by atoms with van der Waals surface area (Å²) in [5.41, 5.74) is 0.605. The zero-order valence-corrected chi connectivity index (χ0v) is 16.8. The molecule has 1 fully saturated rings. The molecule has 1 aliphatic heterocycles. The van der Waals surface area contributed by atoms with Crippen LogP contribution in [-0.2, 0) is 24.3 Å². The minimum atomic E-state index is -3.76. The van der Waals surface area contributed by atoms with Crippen LogP contribution < -0.4 is 5.32 Å². The highest BCUT2D eigenvalue weighted by Gasteiger charge is 2.27. The molecule has 1 aromatic heterocycles. The zero-order valence-electron chi connectivity index (χ0n) is 16.0. The van der Waals surface area contributed by atoms with Crippen LogP contribution in [0.4, 0.5) is 5.82 Å². The minimum absolute atomic E-state index is 0.0144. The van der Waals surface area contributed by atoms with Gasteiger partial charge in [-0.05, 0) is 31.5 Å². The van der Waals surface area contributed by atoms with E-state index in [9.17, 15) is 18.0 Å². The number of hydrogen-bond donors (Lipinski definition) is 1. The molecule has 0 saturated carbocycles. The van der Waals surface area contributed by atoms with E-state index in [4.69, 9.17) is 14.0 Å². The molecule has 1 saturated heterocycles. The Morgan fingerprint density at radius 3 is 2.59 bits per heavy atom. The molecule has 1 N–H and O–H groups in total. The van der Waals surface area contributed by atoms with Crippen LogP contribution in [0, 0.1) is 13.8 Å². The monoisotopic (exact) mass is 423 g/mol. The van der Waals surface area contributed by atoms with Gasteiger partial charge in [0, 0.05) is 19.2 Å². The maximum Gasteiger partial charge on any atom is 0.338 e. The van der Waals surface area contributed by atoms with Gasteiger partial charge in [0.2, 0.25) is 10.0 Å². The number of sulfonamides is 1. The highest BCUT2D eigenvalue weighted by Crippen LogP contribution is 2.21. The van der Waals surface area contributed by atoms with Crippen molar-refractivity contribution in [3.05, 3.63) is 41.2 Å². The maximum atomic E-state index is 12.8. The average Bonchev–Trinajstić information content (AvgIpc) is 3.11. The Morgan fingerprint density at radius 1 is 1.21 bits per heavy atom. The number of rotatable bonds is 6. The van der Waals surface area contributed by atoms with Gasteiger partial charge in [-0.15, -0.1) is 0 Å². The van der Waals surface area contributed by atoms with Crippen molar-refractivity contribution in [1.29, 1.82) is 0 Å². The summed E-state index contributed by atoms with van der Waals surface area (Å²) in [6, 6.07) is 5.75. The van der Waals surface area contributed by atoms with Crippen molar-refractivity contribution >= 4 is 27.7 Å². The fourth-order valence-corrected chi connectivity index (χ4v) is 4.17. The maximum absolute atomic E-state index is 12.8. The van der Waals surface area contributed by atoms with Gasteiger partial charge in [0.05, 0.1) is 23.7 Å². The van der Waals surface area contributed by atoms with Gasteiger partial charge in [-0.3, -0.25) is 4.79 Å². The van der Waals surface area contributed by atoms with Crippen LogP contribution in [0.1, 0.15) is 21.7 Å². The molecule has 10 nitrogen and oxygen atoms in total. The van der Waals surface area contributed by atoms with Crippen molar-refractivity contribution in [1.82, 2.24) is 9.46 Å². The van der Waals surface area contributed by atoms with Crippen molar-refractivity contribution in [2.75, 3.05) is 38.2 Å². The highest BCUT2D eigenvalue weighted by atomic mass is 32.2. The summed E-state index contributed by atoms with van der Waals surface area (Å²) in [4.78, 5) is 24.3. The van der Waals surface area contributed by atoms with E-state index in [-0.39, 0.29) is 29.4 Å². The summed E-state index contributed by atoms with van der Waals surface area (Å²) >= 11 is 0. The molecule has 11 heteroatoms. The molecule has 156 valence electrons. The predicted octanol–water partition coefficient (Wildman–Crippen LogP) is 1.11. The van der Waals surface area contributed by atoms with E-state index < -0.39 is 28.5 Å². The van der Waals surface area contributed by atoms with Crippen LogP contribution in [-0.4, -0.2) is 62.7 Å². The number of aromatic nitrogens is 1. The van der Waals surface area contributed by atoms with Crippen molar-refractivity contribution < 1.29 is 32.0 Å². The first kappa shape index (κ1) is 21.0. The Kier molecular flexibility index (Phi) is 6.30. The van der Waals surface area contributed by atoms with E-state index in [0.717, 1.165) is 0 Å². The summed E-state index contributed by atoms with van der Waals surface area (Å²) in [7, 11) is -3.76. The fraction of sp³-hybridized carbons (Fsp3) is 0.389. The van der Waals surface area contributed by atoms with Crippen molar-refractivity contribution in [2.24, 2.45) is 0 Å². The number of carbonyl (C=O) groups excluding carboxylic acids is 2. The fourth-order valence-electron chi connectivity index (χ4n) is 2.73. The Morgan fingerprint density at radius 2 is 1.93 bits per heavy atom. The number of aryl methyl sites for hydroxylation is 2. The standard InChI is InChI=1S/C18H21N3O7S/c1-12-3-4-14(29(24,25)21-5-7-26-8-6-21)10-15(12)18(23)27-11-17(22)19-16-9-13(2)28-20-16/h3-4,9-10H,5-8,11H2,1-2H3,(H,19,20,22). The summed E-state index contributed by atoms with van der Waals surface area (Å²) in [6.07, 6.45) is 0. The second kappa shape index (κ2) is 8.72. The topological polar surface area (TPSA) is 128 Å². The van der Waals surface area contributed by atoms with Crippen LogP contribution in [0.25, 0.3) is 0 Å². The van der Waals surface area contributed by atoms with Gasteiger partial charge in [0.25, 0.3) is 5.91 Å². The molecule has 0 aliphatic carbocycles. The van der Waals surface area contributed by atoms with Gasteiger partial charge in [-0.25, -0.2) is 13.2 Å². The lowest BCUT2D eigenvalue weighted by molar-refractivity contribution is -0.119. The highest BCUT2D eigenvalue weighted by molar-refractivity contribution is 7.89. The van der Waals surface area contributed by atoms with E-state index in [1.54, 1.807) is 13.8 Å². The molecular weight excluding hydrogens is 402 g/mol. The van der Waals surface area contributed by atoms with Crippen molar-refractivity contribution in [2.45, 2.75) is 18.7 Å². The number of morpholine rings is 1. The first-order valence-corrected chi connectivity index (χ1v) is 10.3. The van der Waals surface area contributed by atoms with Gasteiger partial charge >= 0.3 is 5.97 Å². The van der Waals surface area contributed by atoms with Gasteiger partial charge in [-0.1, -0.05) is 11.2 Å². The number of amides is 1. The zero-order chi connectivity index (χ0) is 21.0. The number of nitrogens with zero attached hydrogens (tertiary/aromatic N) is 2. The lowest BCUT2D eigenvalue weighted by Gasteiger charge is -2.26. The van der Waals surface area contributed by atoms with Gasteiger partial charge in [0.1, 0.15) is 5.76 Å². The predicted molar refractivity (Wildman–Crippen MR) is 101 cm³/mol. The molecule has 1 amide bonds. The summed E-state index contributed by atoms with van der Waals surface area (Å²) in [5, 5.41) is 6.04. The Balaban J connectivity index is 1.68. The number of esters is 1. The molecule has 2 aromatic rings. The third-order valence-corrected chi connectivity index (χ3v) is 6.16. The number of benzene rings is 1. The first-order valence-electron chi connectivity index (χ1n) is 8.86. The van der Waals surface area contributed by atoms with Gasteiger partial charge < -0.3 is 19.3 Å². The van der Waals surface area contributed by atoms with E-state index in [2.05, 4.69) is 10.5 Å². The minimum Gasteiger partial charge on any atom is -0.452 e. The number of hydrogen-bond acceptors (Lipinski definition) is 8. The van der Waals surface area contributed by atoms with Crippen LogP contribution in [0.2, 0.25) is 0 Å². The average molecular weight is 423 g/mol. The van der Waals surface area contributed by atoms with Crippen LogP contribution in [0.5, 0.6) is 0 Å². The summed E-state index contributed by atoms with van der Waals surface area (Å²) in [5.74, 6) is -0.668. The third kappa shape index (κ3) is 5.00. The molecule has 0 atom stereocenters. The third-order valence-electron chi connectivity index (χ3n) is 4.27. The second-order valence-corrected chi connectivity index (χ2v) is 8.38. The lowest BCUT2D eigenvalue weighted by Crippen LogP contribution is -2.40. The molecule has 0 radical (unpaired) electrons. The normalized spacial score (nSPS) is 15.1. The Hall–Kier alpha value is -2.76.